The smallest absolute Gasteiger partial charge is 0.220 e. The van der Waals surface area contributed by atoms with E-state index in [1.54, 1.807) is 23.4 Å². The molecule has 0 unspecified atom stereocenters. The lowest BCUT2D eigenvalue weighted by Gasteiger charge is -2.22. The zero-order valence-corrected chi connectivity index (χ0v) is 12.3. The van der Waals surface area contributed by atoms with Crippen LogP contribution < -0.4 is 5.32 Å². The second kappa shape index (κ2) is 7.47. The Balaban J connectivity index is 1.84. The van der Waals surface area contributed by atoms with Crippen molar-refractivity contribution in [3.63, 3.8) is 0 Å². The molecule has 2 rings (SSSR count). The van der Waals surface area contributed by atoms with Crippen LogP contribution in [0.15, 0.2) is 30.9 Å². The Kier molecular flexibility index (Phi) is 5.36. The van der Waals surface area contributed by atoms with E-state index in [-0.39, 0.29) is 11.9 Å². The molecule has 2 heterocycles. The molecule has 0 spiro atoms. The Labute approximate surface area is 123 Å². The molecular formula is C14H20N6O. The SMILES string of the molecule is CC(C)[C@@H](NC(=O)CCCn1cnnn1)c1cccnc1. The van der Waals surface area contributed by atoms with Crippen LogP contribution in [0.3, 0.4) is 0 Å². The molecule has 7 heteroatoms. The van der Waals surface area contributed by atoms with Gasteiger partial charge in [0.2, 0.25) is 5.91 Å². The van der Waals surface area contributed by atoms with Crippen LogP contribution in [0, 0.1) is 5.92 Å². The topological polar surface area (TPSA) is 85.6 Å². The second-order valence-electron chi connectivity index (χ2n) is 5.25. The molecule has 1 N–H and O–H groups in total. The minimum Gasteiger partial charge on any atom is -0.349 e. The summed E-state index contributed by atoms with van der Waals surface area (Å²) in [5.41, 5.74) is 1.03. The molecule has 0 saturated heterocycles. The highest BCUT2D eigenvalue weighted by atomic mass is 16.1. The number of pyridine rings is 1. The largest absolute Gasteiger partial charge is 0.349 e. The van der Waals surface area contributed by atoms with E-state index < -0.39 is 0 Å². The Morgan fingerprint density at radius 3 is 2.90 bits per heavy atom. The fraction of sp³-hybridized carbons (Fsp3) is 0.500. The first-order valence-electron chi connectivity index (χ1n) is 7.07. The lowest BCUT2D eigenvalue weighted by atomic mass is 9.97. The third-order valence-corrected chi connectivity index (χ3v) is 3.21. The van der Waals surface area contributed by atoms with Gasteiger partial charge in [0.05, 0.1) is 6.04 Å². The van der Waals surface area contributed by atoms with Gasteiger partial charge in [-0.2, -0.15) is 0 Å². The number of aryl methyl sites for hydroxylation is 1. The molecule has 1 amide bonds. The highest BCUT2D eigenvalue weighted by Crippen LogP contribution is 2.20. The Morgan fingerprint density at radius 2 is 2.29 bits per heavy atom. The summed E-state index contributed by atoms with van der Waals surface area (Å²) in [5.74, 6) is 0.336. The number of hydrogen-bond acceptors (Lipinski definition) is 5. The van der Waals surface area contributed by atoms with Crippen molar-refractivity contribution in [1.82, 2.24) is 30.5 Å². The minimum atomic E-state index is -0.0146. The Morgan fingerprint density at radius 1 is 1.43 bits per heavy atom. The summed E-state index contributed by atoms with van der Waals surface area (Å²) in [6.07, 6.45) is 6.23. The number of rotatable bonds is 7. The molecule has 0 aliphatic rings. The molecule has 0 aliphatic carbocycles. The van der Waals surface area contributed by atoms with Crippen molar-refractivity contribution in [2.24, 2.45) is 5.92 Å². The summed E-state index contributed by atoms with van der Waals surface area (Å²) in [5, 5.41) is 14.0. The summed E-state index contributed by atoms with van der Waals surface area (Å²) in [7, 11) is 0. The number of nitrogens with one attached hydrogen (secondary N) is 1. The van der Waals surface area contributed by atoms with E-state index >= 15 is 0 Å². The first-order valence-corrected chi connectivity index (χ1v) is 7.07. The quantitative estimate of drug-likeness (QED) is 0.831. The fourth-order valence-corrected chi connectivity index (χ4v) is 2.12. The van der Waals surface area contributed by atoms with Crippen LogP contribution in [0.5, 0.6) is 0 Å². The van der Waals surface area contributed by atoms with E-state index in [0.717, 1.165) is 5.56 Å². The zero-order valence-electron chi connectivity index (χ0n) is 12.3. The fourth-order valence-electron chi connectivity index (χ4n) is 2.12. The van der Waals surface area contributed by atoms with Crippen LogP contribution in [0.1, 0.15) is 38.3 Å². The lowest BCUT2D eigenvalue weighted by Crippen LogP contribution is -2.31. The molecule has 0 bridgehead atoms. The average molecular weight is 288 g/mol. The number of tetrazole rings is 1. The van der Waals surface area contributed by atoms with Crippen LogP contribution in [0.2, 0.25) is 0 Å². The van der Waals surface area contributed by atoms with Crippen molar-refractivity contribution in [3.05, 3.63) is 36.4 Å². The molecule has 21 heavy (non-hydrogen) atoms. The van der Waals surface area contributed by atoms with Gasteiger partial charge in [0.1, 0.15) is 6.33 Å². The first kappa shape index (κ1) is 15.1. The van der Waals surface area contributed by atoms with Crippen molar-refractivity contribution in [2.45, 2.75) is 39.3 Å². The van der Waals surface area contributed by atoms with Crippen molar-refractivity contribution in [1.29, 1.82) is 0 Å². The normalized spacial score (nSPS) is 12.3. The van der Waals surface area contributed by atoms with Gasteiger partial charge in [-0.15, -0.1) is 5.10 Å². The first-order chi connectivity index (χ1) is 10.2. The summed E-state index contributed by atoms with van der Waals surface area (Å²) in [6, 6.07) is 3.85. The van der Waals surface area contributed by atoms with Crippen molar-refractivity contribution in [2.75, 3.05) is 0 Å². The van der Waals surface area contributed by atoms with Crippen LogP contribution in [-0.2, 0) is 11.3 Å². The van der Waals surface area contributed by atoms with Crippen molar-refractivity contribution < 1.29 is 4.79 Å². The van der Waals surface area contributed by atoms with Crippen molar-refractivity contribution in [3.8, 4) is 0 Å². The van der Waals surface area contributed by atoms with E-state index in [9.17, 15) is 4.79 Å². The van der Waals surface area contributed by atoms with Crippen LogP contribution in [-0.4, -0.2) is 31.1 Å². The molecule has 2 aromatic rings. The summed E-state index contributed by atoms with van der Waals surface area (Å²) in [6.45, 7) is 4.80. The van der Waals surface area contributed by atoms with E-state index in [0.29, 0.717) is 25.3 Å². The maximum atomic E-state index is 12.1. The summed E-state index contributed by atoms with van der Waals surface area (Å²) >= 11 is 0. The molecule has 0 fully saturated rings. The highest BCUT2D eigenvalue weighted by Gasteiger charge is 2.18. The van der Waals surface area contributed by atoms with Gasteiger partial charge in [-0.3, -0.25) is 9.78 Å². The monoisotopic (exact) mass is 288 g/mol. The number of carbonyl (C=O) groups is 1. The van der Waals surface area contributed by atoms with E-state index in [1.165, 1.54) is 0 Å². The predicted octanol–water partition coefficient (Wildman–Crippen LogP) is 1.36. The lowest BCUT2D eigenvalue weighted by molar-refractivity contribution is -0.122. The number of carbonyl (C=O) groups excluding carboxylic acids is 1. The third-order valence-electron chi connectivity index (χ3n) is 3.21. The van der Waals surface area contributed by atoms with Gasteiger partial charge in [-0.1, -0.05) is 19.9 Å². The standard InChI is InChI=1S/C14H20N6O/c1-11(2)14(12-5-3-7-15-9-12)17-13(21)6-4-8-20-10-16-18-19-20/h3,5,7,9-11,14H,4,6,8H2,1-2H3,(H,17,21)/t14-/m1/s1. The maximum absolute atomic E-state index is 12.1. The summed E-state index contributed by atoms with van der Waals surface area (Å²) in [4.78, 5) is 16.2. The number of hydrogen-bond donors (Lipinski definition) is 1. The summed E-state index contributed by atoms with van der Waals surface area (Å²) < 4.78 is 1.62. The van der Waals surface area contributed by atoms with E-state index in [2.05, 4.69) is 39.7 Å². The predicted molar refractivity (Wildman–Crippen MR) is 77.0 cm³/mol. The molecule has 0 aromatic carbocycles. The second-order valence-corrected chi connectivity index (χ2v) is 5.25. The van der Waals surface area contributed by atoms with Gasteiger partial charge in [0, 0.05) is 25.4 Å². The van der Waals surface area contributed by atoms with Gasteiger partial charge in [0.25, 0.3) is 0 Å². The average Bonchev–Trinajstić information content (AvgIpc) is 2.98. The van der Waals surface area contributed by atoms with E-state index in [4.69, 9.17) is 0 Å². The zero-order chi connectivity index (χ0) is 15.1. The molecule has 1 atom stereocenters. The number of nitrogens with zero attached hydrogens (tertiary/aromatic N) is 5. The molecule has 0 saturated carbocycles. The van der Waals surface area contributed by atoms with Crippen LogP contribution in [0.4, 0.5) is 0 Å². The third kappa shape index (κ3) is 4.62. The van der Waals surface area contributed by atoms with Gasteiger partial charge in [-0.05, 0) is 34.4 Å². The molecule has 7 nitrogen and oxygen atoms in total. The molecule has 2 aromatic heterocycles. The van der Waals surface area contributed by atoms with Crippen molar-refractivity contribution >= 4 is 5.91 Å². The molecule has 112 valence electrons. The minimum absolute atomic E-state index is 0.0146. The van der Waals surface area contributed by atoms with E-state index in [1.807, 2.05) is 12.1 Å². The van der Waals surface area contributed by atoms with Gasteiger partial charge in [-0.25, -0.2) is 4.68 Å². The van der Waals surface area contributed by atoms with Gasteiger partial charge < -0.3 is 5.32 Å². The molecule has 0 aliphatic heterocycles. The number of aromatic nitrogens is 5. The Hall–Kier alpha value is -2.31. The van der Waals surface area contributed by atoms with Crippen LogP contribution in [0.25, 0.3) is 0 Å². The van der Waals surface area contributed by atoms with Gasteiger partial charge in [0.15, 0.2) is 0 Å². The van der Waals surface area contributed by atoms with Crippen LogP contribution >= 0.6 is 0 Å². The maximum Gasteiger partial charge on any atom is 0.220 e. The molecule has 0 radical (unpaired) electrons. The molecular weight excluding hydrogens is 268 g/mol. The number of amides is 1. The highest BCUT2D eigenvalue weighted by molar-refractivity contribution is 5.76. The van der Waals surface area contributed by atoms with Gasteiger partial charge >= 0.3 is 0 Å². The Bertz CT molecular complexity index is 540.